The molecule has 0 radical (unpaired) electrons. The Kier molecular flexibility index (Phi) is 5.57. The van der Waals surface area contributed by atoms with Gasteiger partial charge < -0.3 is 0 Å². The second kappa shape index (κ2) is 8.52. The summed E-state index contributed by atoms with van der Waals surface area (Å²) in [5, 5.41) is 11.1. The normalized spacial score (nSPS) is 11.7. The molecule has 2 aromatic carbocycles. The Morgan fingerprint density at radius 1 is 1.06 bits per heavy atom. The lowest BCUT2D eigenvalue weighted by Crippen LogP contribution is -2.23. The van der Waals surface area contributed by atoms with Crippen LogP contribution in [0.15, 0.2) is 58.5 Å². The van der Waals surface area contributed by atoms with Gasteiger partial charge in [-0.3, -0.25) is 18.6 Å². The highest BCUT2D eigenvalue weighted by molar-refractivity contribution is 7.99. The molecule has 6 nitrogen and oxygen atoms in total. The van der Waals surface area contributed by atoms with Gasteiger partial charge in [0.05, 0.1) is 21.5 Å². The predicted molar refractivity (Wildman–Crippen MR) is 131 cm³/mol. The minimum Gasteiger partial charge on any atom is -0.292 e. The molecular formula is C24H22N4O2S2. The van der Waals surface area contributed by atoms with Gasteiger partial charge in [-0.1, -0.05) is 55.4 Å². The molecular weight excluding hydrogens is 440 g/mol. The van der Waals surface area contributed by atoms with Crippen molar-refractivity contribution in [1.82, 2.24) is 19.2 Å². The number of hydrogen-bond donors (Lipinski definition) is 0. The van der Waals surface area contributed by atoms with E-state index in [4.69, 9.17) is 0 Å². The van der Waals surface area contributed by atoms with Crippen LogP contribution >= 0.6 is 23.1 Å². The highest BCUT2D eigenvalue weighted by Crippen LogP contribution is 2.32. The molecule has 0 saturated heterocycles. The summed E-state index contributed by atoms with van der Waals surface area (Å²) < 4.78 is 4.72. The van der Waals surface area contributed by atoms with E-state index in [2.05, 4.69) is 23.2 Å². The molecule has 0 N–H and O–H groups in total. The Morgan fingerprint density at radius 2 is 1.81 bits per heavy atom. The molecule has 0 aliphatic heterocycles. The third-order valence-electron chi connectivity index (χ3n) is 5.64. The predicted octanol–water partition coefficient (Wildman–Crippen LogP) is 5.34. The van der Waals surface area contributed by atoms with Crippen LogP contribution in [-0.4, -0.2) is 30.7 Å². The van der Waals surface area contributed by atoms with Crippen LogP contribution in [0.3, 0.4) is 0 Å². The minimum absolute atomic E-state index is 0.0533. The molecule has 0 fully saturated rings. The van der Waals surface area contributed by atoms with Gasteiger partial charge in [-0.25, -0.2) is 0 Å². The average Bonchev–Trinajstić information content (AvgIpc) is 3.39. The molecule has 0 aliphatic carbocycles. The van der Waals surface area contributed by atoms with Crippen molar-refractivity contribution >= 4 is 55.6 Å². The first kappa shape index (κ1) is 20.9. The number of thioether (sulfide) groups is 1. The molecule has 0 saturated carbocycles. The summed E-state index contributed by atoms with van der Waals surface area (Å²) in [5.74, 6) is 0.862. The number of carbonyl (C=O) groups is 1. The fraction of sp³-hybridized carbons (Fsp3) is 0.250. The molecule has 0 unspecified atom stereocenters. The van der Waals surface area contributed by atoms with Gasteiger partial charge in [0.2, 0.25) is 5.78 Å². The van der Waals surface area contributed by atoms with Crippen molar-refractivity contribution in [3.8, 4) is 0 Å². The van der Waals surface area contributed by atoms with E-state index in [9.17, 15) is 9.59 Å². The van der Waals surface area contributed by atoms with Gasteiger partial charge in [0.1, 0.15) is 0 Å². The number of rotatable bonds is 7. The summed E-state index contributed by atoms with van der Waals surface area (Å²) >= 11 is 2.90. The molecule has 5 aromatic rings. The SMILES string of the molecule is CCCCn1c(=O)c2ccccc2n2c(SCC(=O)c3sc4ccccc4c3C)nnc12. The van der Waals surface area contributed by atoms with Crippen LogP contribution in [-0.2, 0) is 6.54 Å². The first-order chi connectivity index (χ1) is 15.6. The number of hydrogen-bond acceptors (Lipinski definition) is 6. The molecule has 0 atom stereocenters. The largest absolute Gasteiger partial charge is 0.292 e. The lowest BCUT2D eigenvalue weighted by atomic mass is 10.1. The van der Waals surface area contributed by atoms with Gasteiger partial charge in [0, 0.05) is 11.2 Å². The molecule has 5 rings (SSSR count). The number of thiophene rings is 1. The molecule has 162 valence electrons. The number of aromatic nitrogens is 4. The fourth-order valence-corrected chi connectivity index (χ4v) is 6.03. The van der Waals surface area contributed by atoms with Crippen LogP contribution in [0, 0.1) is 6.92 Å². The maximum Gasteiger partial charge on any atom is 0.262 e. The first-order valence-electron chi connectivity index (χ1n) is 10.6. The van der Waals surface area contributed by atoms with E-state index in [1.165, 1.54) is 23.1 Å². The second-order valence-electron chi connectivity index (χ2n) is 7.71. The zero-order chi connectivity index (χ0) is 22.2. The summed E-state index contributed by atoms with van der Waals surface area (Å²) in [6.45, 7) is 4.69. The van der Waals surface area contributed by atoms with Crippen molar-refractivity contribution in [2.24, 2.45) is 0 Å². The van der Waals surface area contributed by atoms with E-state index in [-0.39, 0.29) is 17.1 Å². The monoisotopic (exact) mass is 462 g/mol. The first-order valence-corrected chi connectivity index (χ1v) is 12.4. The molecule has 0 spiro atoms. The number of carbonyl (C=O) groups excluding carboxylic acids is 1. The molecule has 0 bridgehead atoms. The summed E-state index contributed by atoms with van der Waals surface area (Å²) in [6.07, 6.45) is 1.86. The van der Waals surface area contributed by atoms with E-state index in [1.54, 1.807) is 4.57 Å². The number of aryl methyl sites for hydroxylation is 2. The van der Waals surface area contributed by atoms with Crippen LogP contribution in [0.2, 0.25) is 0 Å². The van der Waals surface area contributed by atoms with Gasteiger partial charge in [-0.15, -0.1) is 21.5 Å². The molecule has 3 aromatic heterocycles. The zero-order valence-electron chi connectivity index (χ0n) is 17.9. The van der Waals surface area contributed by atoms with Crippen molar-refractivity contribution in [3.63, 3.8) is 0 Å². The molecule has 0 aliphatic rings. The number of Topliss-reactive ketones (excluding diaryl/α,β-unsaturated/α-hetero) is 1. The lowest BCUT2D eigenvalue weighted by molar-refractivity contribution is 0.102. The van der Waals surface area contributed by atoms with E-state index in [0.717, 1.165) is 38.9 Å². The summed E-state index contributed by atoms with van der Waals surface area (Å²) in [4.78, 5) is 26.9. The van der Waals surface area contributed by atoms with E-state index < -0.39 is 0 Å². The van der Waals surface area contributed by atoms with Crippen LogP contribution in [0.5, 0.6) is 0 Å². The van der Waals surface area contributed by atoms with Gasteiger partial charge >= 0.3 is 0 Å². The third-order valence-corrected chi connectivity index (χ3v) is 7.89. The Hall–Kier alpha value is -2.97. The van der Waals surface area contributed by atoms with Gasteiger partial charge in [-0.05, 0) is 42.5 Å². The van der Waals surface area contributed by atoms with Crippen molar-refractivity contribution < 1.29 is 4.79 Å². The lowest BCUT2D eigenvalue weighted by Gasteiger charge is -2.10. The summed E-state index contributed by atoms with van der Waals surface area (Å²) in [6, 6.07) is 15.6. The standard InChI is InChI=1S/C24H22N4O2S2/c1-3-4-13-27-22(30)17-10-5-7-11-18(17)28-23(27)25-26-24(28)31-14-19(29)21-15(2)16-9-6-8-12-20(16)32-21/h5-12H,3-4,13-14H2,1-2H3. The maximum atomic E-state index is 13.1. The molecule has 3 heterocycles. The summed E-state index contributed by atoms with van der Waals surface area (Å²) in [7, 11) is 0. The van der Waals surface area contributed by atoms with Crippen molar-refractivity contribution in [1.29, 1.82) is 0 Å². The minimum atomic E-state index is -0.0533. The van der Waals surface area contributed by atoms with E-state index in [0.29, 0.717) is 22.9 Å². The summed E-state index contributed by atoms with van der Waals surface area (Å²) in [5.41, 5.74) is 1.74. The maximum absolute atomic E-state index is 13.1. The zero-order valence-corrected chi connectivity index (χ0v) is 19.5. The quantitative estimate of drug-likeness (QED) is 0.241. The topological polar surface area (TPSA) is 69.3 Å². The van der Waals surface area contributed by atoms with Gasteiger partial charge in [0.25, 0.3) is 5.56 Å². The highest BCUT2D eigenvalue weighted by atomic mass is 32.2. The van der Waals surface area contributed by atoms with Gasteiger partial charge in [-0.2, -0.15) is 0 Å². The Balaban J connectivity index is 1.53. The Labute approximate surface area is 192 Å². The van der Waals surface area contributed by atoms with E-state index >= 15 is 0 Å². The third kappa shape index (κ3) is 3.43. The smallest absolute Gasteiger partial charge is 0.262 e. The number of unbranched alkanes of at least 4 members (excludes halogenated alkanes) is 1. The van der Waals surface area contributed by atoms with Crippen LogP contribution in [0.4, 0.5) is 0 Å². The Morgan fingerprint density at radius 3 is 2.59 bits per heavy atom. The Bertz CT molecular complexity index is 1530. The van der Waals surface area contributed by atoms with E-state index in [1.807, 2.05) is 53.8 Å². The second-order valence-corrected chi connectivity index (χ2v) is 9.70. The number of benzene rings is 2. The number of para-hydroxylation sites is 1. The van der Waals surface area contributed by atoms with Crippen molar-refractivity contribution in [2.45, 2.75) is 38.4 Å². The van der Waals surface area contributed by atoms with Crippen LogP contribution in [0.25, 0.3) is 26.8 Å². The van der Waals surface area contributed by atoms with Crippen molar-refractivity contribution in [3.05, 3.63) is 69.3 Å². The fourth-order valence-electron chi connectivity index (χ4n) is 3.98. The molecule has 0 amide bonds. The van der Waals surface area contributed by atoms with Crippen LogP contribution in [0.1, 0.15) is 35.0 Å². The van der Waals surface area contributed by atoms with Gasteiger partial charge in [0.15, 0.2) is 10.9 Å². The average molecular weight is 463 g/mol. The van der Waals surface area contributed by atoms with Crippen molar-refractivity contribution in [2.75, 3.05) is 5.75 Å². The molecule has 32 heavy (non-hydrogen) atoms. The number of fused-ring (bicyclic) bond motifs is 4. The highest BCUT2D eigenvalue weighted by Gasteiger charge is 2.20. The molecule has 8 heteroatoms. The number of nitrogens with zero attached hydrogens (tertiary/aromatic N) is 4. The van der Waals surface area contributed by atoms with Crippen LogP contribution < -0.4 is 5.56 Å². The number of ketones is 1.